The summed E-state index contributed by atoms with van der Waals surface area (Å²) in [7, 11) is 0. The van der Waals surface area contributed by atoms with Crippen LogP contribution in [0.5, 0.6) is 0 Å². The van der Waals surface area contributed by atoms with Gasteiger partial charge in [-0.2, -0.15) is 13.2 Å². The molecular weight excluding hydrogens is 293 g/mol. The van der Waals surface area contributed by atoms with Crippen LogP contribution in [0.1, 0.15) is 40.9 Å². The van der Waals surface area contributed by atoms with Gasteiger partial charge in [0.25, 0.3) is 0 Å². The number of hydrogen-bond acceptors (Lipinski definition) is 5. The molecule has 1 aromatic rings. The van der Waals surface area contributed by atoms with Gasteiger partial charge in [0, 0.05) is 5.56 Å². The predicted octanol–water partition coefficient (Wildman–Crippen LogP) is 3.36. The number of thiophene rings is 1. The van der Waals surface area contributed by atoms with Gasteiger partial charge in [0.15, 0.2) is 0 Å². The number of ether oxygens (including phenoxy) is 1. The fourth-order valence-corrected chi connectivity index (χ4v) is 2.99. The maximum atomic E-state index is 12.3. The Morgan fingerprint density at radius 1 is 1.50 bits per heavy atom. The number of anilines is 2. The van der Waals surface area contributed by atoms with E-state index in [2.05, 4.69) is 5.32 Å². The monoisotopic (exact) mass is 308 g/mol. The van der Waals surface area contributed by atoms with Gasteiger partial charge in [-0.05, 0) is 25.7 Å². The number of nitrogen functional groups attached to an aromatic ring is 1. The van der Waals surface area contributed by atoms with E-state index in [0.717, 1.165) is 24.2 Å². The summed E-state index contributed by atoms with van der Waals surface area (Å²) in [6.45, 7) is 0.710. The summed E-state index contributed by atoms with van der Waals surface area (Å²) in [6, 6.07) is 0. The Balaban J connectivity index is 2.25. The molecule has 0 bridgehead atoms. The molecule has 8 heteroatoms. The van der Waals surface area contributed by atoms with Gasteiger partial charge in [0.1, 0.15) is 11.4 Å². The first-order chi connectivity index (χ1) is 9.33. The minimum absolute atomic E-state index is 0.144. The second-order valence-corrected chi connectivity index (χ2v) is 5.57. The molecule has 112 valence electrons. The van der Waals surface area contributed by atoms with Gasteiger partial charge in [0.05, 0.1) is 17.3 Å². The predicted molar refractivity (Wildman–Crippen MR) is 71.2 cm³/mol. The minimum atomic E-state index is -4.32. The topological polar surface area (TPSA) is 64.3 Å². The summed E-state index contributed by atoms with van der Waals surface area (Å²) in [5.74, 6) is -0.442. The van der Waals surface area contributed by atoms with Crippen molar-refractivity contribution in [2.45, 2.75) is 31.9 Å². The molecule has 1 heterocycles. The highest BCUT2D eigenvalue weighted by Gasteiger charge is 2.35. The van der Waals surface area contributed by atoms with Gasteiger partial charge in [-0.15, -0.1) is 11.3 Å². The molecule has 0 atom stereocenters. The van der Waals surface area contributed by atoms with Crippen molar-refractivity contribution >= 4 is 28.0 Å². The zero-order chi connectivity index (χ0) is 14.9. The standard InChI is InChI=1S/C12H15F3N2O2S/c1-2-19-11(18)9-8(16)7(6-3-4-6)10(20-9)17-5-12(13,14)15/h6,17H,2-5,16H2,1H3. The molecule has 1 aliphatic carbocycles. The Bertz CT molecular complexity index is 510. The van der Waals surface area contributed by atoms with Crippen molar-refractivity contribution < 1.29 is 22.7 Å². The lowest BCUT2D eigenvalue weighted by atomic mass is 10.1. The van der Waals surface area contributed by atoms with Gasteiger partial charge in [-0.3, -0.25) is 0 Å². The van der Waals surface area contributed by atoms with E-state index < -0.39 is 18.7 Å². The fourth-order valence-electron chi connectivity index (χ4n) is 1.89. The third kappa shape index (κ3) is 3.36. The third-order valence-electron chi connectivity index (χ3n) is 2.88. The molecule has 0 saturated heterocycles. The van der Waals surface area contributed by atoms with Crippen molar-refractivity contribution in [3.05, 3.63) is 10.4 Å². The van der Waals surface area contributed by atoms with E-state index in [4.69, 9.17) is 10.5 Å². The molecule has 0 aliphatic heterocycles. The average Bonchev–Trinajstić information content (AvgIpc) is 3.11. The number of carbonyl (C=O) groups is 1. The zero-order valence-electron chi connectivity index (χ0n) is 10.8. The molecule has 1 aromatic heterocycles. The van der Waals surface area contributed by atoms with E-state index in [1.54, 1.807) is 6.92 Å². The molecule has 1 saturated carbocycles. The molecular formula is C12H15F3N2O2S. The fraction of sp³-hybridized carbons (Fsp3) is 0.583. The molecule has 20 heavy (non-hydrogen) atoms. The van der Waals surface area contributed by atoms with E-state index in [0.29, 0.717) is 10.6 Å². The van der Waals surface area contributed by atoms with Crippen LogP contribution in [0.3, 0.4) is 0 Å². The smallest absolute Gasteiger partial charge is 0.405 e. The normalized spacial score (nSPS) is 15.2. The summed E-state index contributed by atoms with van der Waals surface area (Å²) < 4.78 is 41.8. The quantitative estimate of drug-likeness (QED) is 0.819. The maximum absolute atomic E-state index is 12.3. The Kier molecular flexibility index (Phi) is 4.12. The summed E-state index contributed by atoms with van der Waals surface area (Å²) in [5.41, 5.74) is 6.78. The van der Waals surface area contributed by atoms with Crippen LogP contribution in [0.25, 0.3) is 0 Å². The lowest BCUT2D eigenvalue weighted by Crippen LogP contribution is -2.21. The van der Waals surface area contributed by atoms with Crippen molar-refractivity contribution in [3.8, 4) is 0 Å². The molecule has 1 fully saturated rings. The second-order valence-electron chi connectivity index (χ2n) is 4.55. The van der Waals surface area contributed by atoms with Gasteiger partial charge in [0.2, 0.25) is 0 Å². The number of nitrogens with one attached hydrogen (secondary N) is 1. The number of alkyl halides is 3. The van der Waals surface area contributed by atoms with E-state index in [9.17, 15) is 18.0 Å². The van der Waals surface area contributed by atoms with Crippen LogP contribution in [-0.4, -0.2) is 25.3 Å². The largest absolute Gasteiger partial charge is 0.462 e. The molecule has 2 rings (SSSR count). The lowest BCUT2D eigenvalue weighted by Gasteiger charge is -2.09. The zero-order valence-corrected chi connectivity index (χ0v) is 11.7. The first-order valence-electron chi connectivity index (χ1n) is 6.23. The van der Waals surface area contributed by atoms with E-state index in [-0.39, 0.29) is 23.1 Å². The summed E-state index contributed by atoms with van der Waals surface area (Å²) in [5, 5.41) is 2.66. The number of nitrogens with two attached hydrogens (primary N) is 1. The highest BCUT2D eigenvalue weighted by molar-refractivity contribution is 7.18. The van der Waals surface area contributed by atoms with Gasteiger partial charge in [-0.25, -0.2) is 4.79 Å². The minimum Gasteiger partial charge on any atom is -0.462 e. The lowest BCUT2D eigenvalue weighted by molar-refractivity contribution is -0.115. The Morgan fingerprint density at radius 3 is 2.65 bits per heavy atom. The van der Waals surface area contributed by atoms with E-state index in [1.807, 2.05) is 0 Å². The number of rotatable bonds is 5. The first-order valence-corrected chi connectivity index (χ1v) is 7.05. The van der Waals surface area contributed by atoms with Crippen LogP contribution < -0.4 is 11.1 Å². The average molecular weight is 308 g/mol. The van der Waals surface area contributed by atoms with Crippen LogP contribution >= 0.6 is 11.3 Å². The van der Waals surface area contributed by atoms with Gasteiger partial charge >= 0.3 is 12.1 Å². The van der Waals surface area contributed by atoms with Crippen molar-refractivity contribution in [3.63, 3.8) is 0 Å². The van der Waals surface area contributed by atoms with Gasteiger partial charge < -0.3 is 15.8 Å². The van der Waals surface area contributed by atoms with Crippen molar-refractivity contribution in [1.82, 2.24) is 0 Å². The Labute approximate surface area is 118 Å². The second kappa shape index (κ2) is 5.51. The van der Waals surface area contributed by atoms with Crippen molar-refractivity contribution in [2.24, 2.45) is 0 Å². The molecule has 0 spiro atoms. The molecule has 0 aromatic carbocycles. The summed E-state index contributed by atoms with van der Waals surface area (Å²) >= 11 is 0.933. The summed E-state index contributed by atoms with van der Waals surface area (Å²) in [6.07, 6.45) is -2.56. The molecule has 3 N–H and O–H groups in total. The Morgan fingerprint density at radius 2 is 2.15 bits per heavy atom. The van der Waals surface area contributed by atoms with Crippen LogP contribution in [0.15, 0.2) is 0 Å². The van der Waals surface area contributed by atoms with Gasteiger partial charge in [-0.1, -0.05) is 0 Å². The highest BCUT2D eigenvalue weighted by Crippen LogP contribution is 2.51. The molecule has 0 amide bonds. The van der Waals surface area contributed by atoms with Crippen molar-refractivity contribution in [1.29, 1.82) is 0 Å². The Hall–Kier alpha value is -1.44. The highest BCUT2D eigenvalue weighted by atomic mass is 32.1. The van der Waals surface area contributed by atoms with Crippen molar-refractivity contribution in [2.75, 3.05) is 24.2 Å². The van der Waals surface area contributed by atoms with Crippen LogP contribution in [-0.2, 0) is 4.74 Å². The SMILES string of the molecule is CCOC(=O)c1sc(NCC(F)(F)F)c(C2CC2)c1N. The maximum Gasteiger partial charge on any atom is 0.405 e. The van der Waals surface area contributed by atoms with Crippen LogP contribution in [0.2, 0.25) is 0 Å². The molecule has 1 aliphatic rings. The van der Waals surface area contributed by atoms with E-state index >= 15 is 0 Å². The molecule has 0 unspecified atom stereocenters. The first kappa shape index (κ1) is 15.0. The van der Waals surface area contributed by atoms with Crippen LogP contribution in [0, 0.1) is 0 Å². The van der Waals surface area contributed by atoms with Crippen LogP contribution in [0.4, 0.5) is 23.9 Å². The third-order valence-corrected chi connectivity index (χ3v) is 4.04. The number of halogens is 3. The van der Waals surface area contributed by atoms with E-state index in [1.165, 1.54) is 0 Å². The summed E-state index contributed by atoms with van der Waals surface area (Å²) in [4.78, 5) is 11.9. The number of esters is 1. The molecule has 4 nitrogen and oxygen atoms in total. The number of carbonyl (C=O) groups excluding carboxylic acids is 1. The number of hydrogen-bond donors (Lipinski definition) is 2. The molecule has 0 radical (unpaired) electrons.